The SMILES string of the molecule is CCCCc1cn(CC)c(=O)[nH]1. The second kappa shape index (κ2) is 4.14. The molecule has 3 heteroatoms. The molecule has 1 rings (SSSR count). The van der Waals surface area contributed by atoms with Gasteiger partial charge < -0.3 is 4.98 Å². The summed E-state index contributed by atoms with van der Waals surface area (Å²) in [5.74, 6) is 0. The zero-order valence-corrected chi connectivity index (χ0v) is 7.76. The highest BCUT2D eigenvalue weighted by Crippen LogP contribution is 1.99. The average molecular weight is 168 g/mol. The number of rotatable bonds is 4. The Morgan fingerprint density at radius 3 is 2.75 bits per heavy atom. The monoisotopic (exact) mass is 168 g/mol. The molecule has 0 unspecified atom stereocenters. The van der Waals surface area contributed by atoms with Crippen molar-refractivity contribution in [3.05, 3.63) is 22.4 Å². The van der Waals surface area contributed by atoms with Gasteiger partial charge in [0.1, 0.15) is 0 Å². The van der Waals surface area contributed by atoms with Crippen LogP contribution in [0.2, 0.25) is 0 Å². The Morgan fingerprint density at radius 2 is 2.25 bits per heavy atom. The van der Waals surface area contributed by atoms with Crippen LogP contribution in [0.5, 0.6) is 0 Å². The van der Waals surface area contributed by atoms with Crippen LogP contribution >= 0.6 is 0 Å². The Labute approximate surface area is 72.4 Å². The Kier molecular flexibility index (Phi) is 3.14. The summed E-state index contributed by atoms with van der Waals surface area (Å²) in [7, 11) is 0. The van der Waals surface area contributed by atoms with Crippen molar-refractivity contribution in [1.82, 2.24) is 9.55 Å². The highest BCUT2D eigenvalue weighted by molar-refractivity contribution is 4.96. The third kappa shape index (κ3) is 2.00. The second-order valence-electron chi connectivity index (χ2n) is 2.97. The smallest absolute Gasteiger partial charge is 0.310 e. The zero-order chi connectivity index (χ0) is 8.97. The minimum Gasteiger partial charge on any atom is -0.310 e. The molecule has 0 aromatic carbocycles. The van der Waals surface area contributed by atoms with Gasteiger partial charge in [-0.2, -0.15) is 0 Å². The zero-order valence-electron chi connectivity index (χ0n) is 7.76. The molecule has 0 bridgehead atoms. The number of hydrogen-bond acceptors (Lipinski definition) is 1. The molecule has 0 aliphatic rings. The largest absolute Gasteiger partial charge is 0.325 e. The molecule has 0 aliphatic heterocycles. The van der Waals surface area contributed by atoms with Gasteiger partial charge in [0.2, 0.25) is 0 Å². The predicted octanol–water partition coefficient (Wildman–Crippen LogP) is 1.54. The molecule has 12 heavy (non-hydrogen) atoms. The third-order valence-corrected chi connectivity index (χ3v) is 1.98. The molecule has 0 aliphatic carbocycles. The maximum atomic E-state index is 11.1. The van der Waals surface area contributed by atoms with Gasteiger partial charge in [-0.3, -0.25) is 4.57 Å². The molecule has 1 N–H and O–H groups in total. The molecule has 1 aromatic heterocycles. The van der Waals surface area contributed by atoms with Crippen molar-refractivity contribution < 1.29 is 0 Å². The van der Waals surface area contributed by atoms with Crippen molar-refractivity contribution in [3.63, 3.8) is 0 Å². The number of nitrogens with zero attached hydrogens (tertiary/aromatic N) is 1. The quantitative estimate of drug-likeness (QED) is 0.727. The van der Waals surface area contributed by atoms with Gasteiger partial charge in [-0.05, 0) is 19.8 Å². The van der Waals surface area contributed by atoms with Crippen molar-refractivity contribution in [2.45, 2.75) is 39.7 Å². The maximum Gasteiger partial charge on any atom is 0.325 e. The van der Waals surface area contributed by atoms with Crippen LogP contribution in [0.15, 0.2) is 11.0 Å². The topological polar surface area (TPSA) is 37.8 Å². The molecule has 0 atom stereocenters. The summed E-state index contributed by atoms with van der Waals surface area (Å²) in [4.78, 5) is 14.0. The molecule has 0 saturated carbocycles. The Hall–Kier alpha value is -0.990. The molecule has 0 radical (unpaired) electrons. The van der Waals surface area contributed by atoms with E-state index in [1.807, 2.05) is 13.1 Å². The van der Waals surface area contributed by atoms with E-state index in [9.17, 15) is 4.79 Å². The van der Waals surface area contributed by atoms with E-state index < -0.39 is 0 Å². The van der Waals surface area contributed by atoms with E-state index in [1.165, 1.54) is 6.42 Å². The van der Waals surface area contributed by atoms with E-state index in [-0.39, 0.29) is 5.69 Å². The van der Waals surface area contributed by atoms with Crippen LogP contribution in [0.25, 0.3) is 0 Å². The summed E-state index contributed by atoms with van der Waals surface area (Å²) >= 11 is 0. The fourth-order valence-electron chi connectivity index (χ4n) is 1.22. The molecule has 0 amide bonds. The first-order valence-electron chi connectivity index (χ1n) is 4.56. The van der Waals surface area contributed by atoms with Gasteiger partial charge in [0.25, 0.3) is 0 Å². The van der Waals surface area contributed by atoms with Crippen LogP contribution in [-0.4, -0.2) is 9.55 Å². The summed E-state index contributed by atoms with van der Waals surface area (Å²) in [5.41, 5.74) is 1.08. The summed E-state index contributed by atoms with van der Waals surface area (Å²) < 4.78 is 1.70. The normalized spacial score (nSPS) is 10.5. The van der Waals surface area contributed by atoms with Crippen molar-refractivity contribution in [2.24, 2.45) is 0 Å². The van der Waals surface area contributed by atoms with Gasteiger partial charge >= 0.3 is 5.69 Å². The fraction of sp³-hybridized carbons (Fsp3) is 0.667. The van der Waals surface area contributed by atoms with Crippen LogP contribution < -0.4 is 5.69 Å². The molecule has 0 saturated heterocycles. The first kappa shape index (κ1) is 9.10. The Bertz CT molecular complexity index is 285. The van der Waals surface area contributed by atoms with Gasteiger partial charge in [0, 0.05) is 18.4 Å². The van der Waals surface area contributed by atoms with Crippen molar-refractivity contribution in [3.8, 4) is 0 Å². The third-order valence-electron chi connectivity index (χ3n) is 1.98. The van der Waals surface area contributed by atoms with E-state index in [1.54, 1.807) is 4.57 Å². The van der Waals surface area contributed by atoms with Gasteiger partial charge in [-0.25, -0.2) is 4.79 Å². The highest BCUT2D eigenvalue weighted by atomic mass is 16.1. The van der Waals surface area contributed by atoms with E-state index in [0.29, 0.717) is 0 Å². The summed E-state index contributed by atoms with van der Waals surface area (Å²) in [6.45, 7) is 4.87. The summed E-state index contributed by atoms with van der Waals surface area (Å²) in [6.07, 6.45) is 5.21. The van der Waals surface area contributed by atoms with Crippen LogP contribution in [0.4, 0.5) is 0 Å². The maximum absolute atomic E-state index is 11.1. The lowest BCUT2D eigenvalue weighted by atomic mass is 10.2. The fourth-order valence-corrected chi connectivity index (χ4v) is 1.22. The molecule has 1 heterocycles. The van der Waals surface area contributed by atoms with Gasteiger partial charge in [-0.15, -0.1) is 0 Å². The van der Waals surface area contributed by atoms with Crippen molar-refractivity contribution in [2.75, 3.05) is 0 Å². The second-order valence-corrected chi connectivity index (χ2v) is 2.97. The number of unbranched alkanes of at least 4 members (excludes halogenated alkanes) is 1. The average Bonchev–Trinajstić information content (AvgIpc) is 2.43. The summed E-state index contributed by atoms with van der Waals surface area (Å²) in [5, 5.41) is 0. The lowest BCUT2D eigenvalue weighted by Gasteiger charge is -1.92. The lowest BCUT2D eigenvalue weighted by molar-refractivity contribution is 0.729. The van der Waals surface area contributed by atoms with E-state index in [4.69, 9.17) is 0 Å². The number of hydrogen-bond donors (Lipinski definition) is 1. The number of H-pyrrole nitrogens is 1. The Morgan fingerprint density at radius 1 is 1.50 bits per heavy atom. The molecule has 0 fully saturated rings. The summed E-state index contributed by atoms with van der Waals surface area (Å²) in [6, 6.07) is 0. The van der Waals surface area contributed by atoms with Crippen molar-refractivity contribution in [1.29, 1.82) is 0 Å². The first-order valence-corrected chi connectivity index (χ1v) is 4.56. The number of imidazole rings is 1. The van der Waals surface area contributed by atoms with Crippen LogP contribution in [0.3, 0.4) is 0 Å². The first-order chi connectivity index (χ1) is 5.77. The lowest BCUT2D eigenvalue weighted by Crippen LogP contribution is -2.14. The van der Waals surface area contributed by atoms with E-state index in [2.05, 4.69) is 11.9 Å². The standard InChI is InChI=1S/C9H16N2O/c1-3-5-6-8-7-11(4-2)9(12)10-8/h7H,3-6H2,1-2H3,(H,10,12). The Balaban J connectivity index is 2.69. The molecule has 1 aromatic rings. The van der Waals surface area contributed by atoms with Crippen molar-refractivity contribution >= 4 is 0 Å². The molecule has 68 valence electrons. The number of aromatic nitrogens is 2. The van der Waals surface area contributed by atoms with Gasteiger partial charge in [0.15, 0.2) is 0 Å². The molecular formula is C9H16N2O. The number of aryl methyl sites for hydroxylation is 2. The minimum absolute atomic E-state index is 0.0172. The molecule has 0 spiro atoms. The number of nitrogens with one attached hydrogen (secondary N) is 1. The molecule has 3 nitrogen and oxygen atoms in total. The van der Waals surface area contributed by atoms with Gasteiger partial charge in [-0.1, -0.05) is 13.3 Å². The van der Waals surface area contributed by atoms with E-state index >= 15 is 0 Å². The minimum atomic E-state index is 0.0172. The van der Waals surface area contributed by atoms with E-state index in [0.717, 1.165) is 25.1 Å². The van der Waals surface area contributed by atoms with Crippen LogP contribution in [-0.2, 0) is 13.0 Å². The highest BCUT2D eigenvalue weighted by Gasteiger charge is 1.99. The van der Waals surface area contributed by atoms with Crippen LogP contribution in [0.1, 0.15) is 32.4 Å². The molecular weight excluding hydrogens is 152 g/mol. The van der Waals surface area contributed by atoms with Crippen LogP contribution in [0, 0.1) is 0 Å². The number of aromatic amines is 1. The predicted molar refractivity (Wildman–Crippen MR) is 49.3 cm³/mol. The van der Waals surface area contributed by atoms with Gasteiger partial charge in [0.05, 0.1) is 0 Å².